The molecule has 1 saturated heterocycles. The molecule has 2 N–H and O–H groups in total. The predicted molar refractivity (Wildman–Crippen MR) is 59.5 cm³/mol. The number of amidine groups is 1. The van der Waals surface area contributed by atoms with Crippen LogP contribution in [0.3, 0.4) is 0 Å². The first-order chi connectivity index (χ1) is 9.04. The number of hydroxylamine groups is 2. The number of hydrogen-bond donors (Lipinski definition) is 2. The zero-order valence-electron chi connectivity index (χ0n) is 9.79. The summed E-state index contributed by atoms with van der Waals surface area (Å²) in [6.45, 7) is -0.217. The minimum Gasteiger partial charge on any atom is -0.432 e. The number of carbonyl (C=O) groups is 3. The smallest absolute Gasteiger partial charge is 0.432 e. The van der Waals surface area contributed by atoms with Gasteiger partial charge >= 0.3 is 6.16 Å². The number of azo groups is 1. The Morgan fingerprint density at radius 1 is 1.37 bits per heavy atom. The number of rotatable bonds is 5. The molecule has 1 aliphatic heterocycles. The summed E-state index contributed by atoms with van der Waals surface area (Å²) in [4.78, 5) is 37.8. The van der Waals surface area contributed by atoms with Crippen molar-refractivity contribution in [3.8, 4) is 0 Å². The lowest BCUT2D eigenvalue weighted by molar-refractivity contribution is -0.177. The third-order valence-corrected chi connectivity index (χ3v) is 1.97. The summed E-state index contributed by atoms with van der Waals surface area (Å²) in [5.74, 6) is -1.39. The molecule has 0 saturated carbocycles. The molecule has 10 heteroatoms. The van der Waals surface area contributed by atoms with Crippen molar-refractivity contribution in [2.45, 2.75) is 19.3 Å². The zero-order chi connectivity index (χ0) is 14.3. The molecule has 102 valence electrons. The lowest BCUT2D eigenvalue weighted by Crippen LogP contribution is -2.32. The molecule has 0 aromatic carbocycles. The van der Waals surface area contributed by atoms with Gasteiger partial charge in [0.05, 0.1) is 0 Å². The van der Waals surface area contributed by atoms with E-state index in [-0.39, 0.29) is 31.7 Å². The van der Waals surface area contributed by atoms with Crippen molar-refractivity contribution in [2.24, 2.45) is 10.2 Å². The summed E-state index contributed by atoms with van der Waals surface area (Å²) >= 11 is 0. The van der Waals surface area contributed by atoms with Crippen molar-refractivity contribution in [2.75, 3.05) is 6.61 Å². The van der Waals surface area contributed by atoms with E-state index >= 15 is 0 Å². The Labute approximate surface area is 107 Å². The second-order valence-corrected chi connectivity index (χ2v) is 3.31. The highest BCUT2D eigenvalue weighted by Gasteiger charge is 2.33. The van der Waals surface area contributed by atoms with Gasteiger partial charge in [-0.15, -0.1) is 10.2 Å². The van der Waals surface area contributed by atoms with Crippen molar-refractivity contribution in [3.05, 3.63) is 0 Å². The highest BCUT2D eigenvalue weighted by Crippen LogP contribution is 2.12. The largest absolute Gasteiger partial charge is 0.533 e. The van der Waals surface area contributed by atoms with Crippen LogP contribution in [0.5, 0.6) is 0 Å². The standard InChI is InChI=1S/C9H11N5O5/c10-5-12-13-6(11)3-4-18-9(17)19-14-7(15)1-2-8(14)16/h5,10-11H,1-4H2/b10-5?,11-6?,13-12-. The predicted octanol–water partition coefficient (Wildman–Crippen LogP) is 0.630. The Hall–Kier alpha value is -2.65. The molecule has 0 atom stereocenters. The van der Waals surface area contributed by atoms with E-state index in [9.17, 15) is 14.4 Å². The van der Waals surface area contributed by atoms with Crippen molar-refractivity contribution in [1.29, 1.82) is 10.8 Å². The minimum atomic E-state index is -1.21. The Balaban J connectivity index is 2.27. The number of nitrogens with one attached hydrogen (secondary N) is 2. The highest BCUT2D eigenvalue weighted by atomic mass is 16.8. The maximum absolute atomic E-state index is 11.1. The van der Waals surface area contributed by atoms with Crippen LogP contribution in [0.25, 0.3) is 0 Å². The monoisotopic (exact) mass is 269 g/mol. The van der Waals surface area contributed by atoms with Gasteiger partial charge in [0.15, 0.2) is 0 Å². The number of imide groups is 1. The number of nitrogens with zero attached hydrogens (tertiary/aromatic N) is 3. The van der Waals surface area contributed by atoms with Crippen LogP contribution >= 0.6 is 0 Å². The fourth-order valence-corrected chi connectivity index (χ4v) is 1.14. The first-order valence-corrected chi connectivity index (χ1v) is 5.22. The Kier molecular flexibility index (Phi) is 5.26. The van der Waals surface area contributed by atoms with Gasteiger partial charge in [-0.2, -0.15) is 0 Å². The second kappa shape index (κ2) is 6.93. The molecule has 2 amide bonds. The van der Waals surface area contributed by atoms with Gasteiger partial charge in [0, 0.05) is 19.3 Å². The third-order valence-electron chi connectivity index (χ3n) is 1.97. The summed E-state index contributed by atoms with van der Waals surface area (Å²) in [6.07, 6.45) is -0.579. The summed E-state index contributed by atoms with van der Waals surface area (Å²) in [5.41, 5.74) is 0. The highest BCUT2D eigenvalue weighted by molar-refractivity contribution is 6.01. The SMILES string of the molecule is N=C/N=N\C(=N)CCOC(=O)ON1C(=O)CCC1=O. The van der Waals surface area contributed by atoms with Crippen molar-refractivity contribution in [3.63, 3.8) is 0 Å². The molecule has 10 nitrogen and oxygen atoms in total. The van der Waals surface area contributed by atoms with Gasteiger partial charge in [0.25, 0.3) is 11.8 Å². The maximum Gasteiger partial charge on any atom is 0.533 e. The van der Waals surface area contributed by atoms with Crippen molar-refractivity contribution in [1.82, 2.24) is 5.06 Å². The van der Waals surface area contributed by atoms with Gasteiger partial charge < -0.3 is 4.74 Å². The van der Waals surface area contributed by atoms with Crippen LogP contribution in [0.2, 0.25) is 0 Å². The van der Waals surface area contributed by atoms with Gasteiger partial charge in [-0.1, -0.05) is 5.06 Å². The maximum atomic E-state index is 11.1. The average molecular weight is 269 g/mol. The minimum absolute atomic E-state index is 0.000762. The van der Waals surface area contributed by atoms with E-state index in [1.165, 1.54) is 0 Å². The van der Waals surface area contributed by atoms with Gasteiger partial charge in [-0.25, -0.2) is 4.79 Å². The first kappa shape index (κ1) is 14.4. The van der Waals surface area contributed by atoms with E-state index in [1.54, 1.807) is 0 Å². The molecule has 1 rings (SSSR count). The molecule has 1 aliphatic rings. The van der Waals surface area contributed by atoms with Gasteiger partial charge in [0.2, 0.25) is 0 Å². The molecular formula is C9H11N5O5. The quantitative estimate of drug-likeness (QED) is 0.247. The van der Waals surface area contributed by atoms with E-state index in [2.05, 4.69) is 19.8 Å². The Morgan fingerprint density at radius 3 is 2.58 bits per heavy atom. The van der Waals surface area contributed by atoms with E-state index in [0.717, 1.165) is 0 Å². The van der Waals surface area contributed by atoms with E-state index in [1.807, 2.05) is 0 Å². The van der Waals surface area contributed by atoms with E-state index < -0.39 is 18.0 Å². The average Bonchev–Trinajstić information content (AvgIpc) is 2.68. The molecule has 19 heavy (non-hydrogen) atoms. The number of hydrogen-bond acceptors (Lipinski definition) is 7. The van der Waals surface area contributed by atoms with E-state index in [0.29, 0.717) is 11.4 Å². The topological polar surface area (TPSA) is 145 Å². The lowest BCUT2D eigenvalue weighted by atomic mass is 10.4. The lowest BCUT2D eigenvalue weighted by Gasteiger charge is -2.11. The summed E-state index contributed by atoms with van der Waals surface area (Å²) in [6, 6.07) is 0. The number of ether oxygens (including phenoxy) is 1. The molecule has 0 aromatic heterocycles. The third kappa shape index (κ3) is 4.61. The summed E-state index contributed by atoms with van der Waals surface area (Å²) in [5, 5.41) is 20.5. The Bertz CT molecular complexity index is 430. The van der Waals surface area contributed by atoms with E-state index in [4.69, 9.17) is 10.8 Å². The van der Waals surface area contributed by atoms with Gasteiger partial charge in [-0.3, -0.25) is 25.2 Å². The normalized spacial score (nSPS) is 14.8. The molecule has 0 aliphatic carbocycles. The number of carbonyl (C=O) groups excluding carboxylic acids is 3. The fourth-order valence-electron chi connectivity index (χ4n) is 1.14. The molecular weight excluding hydrogens is 258 g/mol. The zero-order valence-corrected chi connectivity index (χ0v) is 9.79. The second-order valence-electron chi connectivity index (χ2n) is 3.31. The van der Waals surface area contributed by atoms with Crippen LogP contribution in [0.1, 0.15) is 19.3 Å². The first-order valence-electron chi connectivity index (χ1n) is 5.22. The van der Waals surface area contributed by atoms with Crippen molar-refractivity contribution >= 4 is 30.1 Å². The molecule has 0 spiro atoms. The van der Waals surface area contributed by atoms with Crippen LogP contribution in [0.4, 0.5) is 4.79 Å². The molecule has 0 unspecified atom stereocenters. The Morgan fingerprint density at radius 2 is 2.00 bits per heavy atom. The van der Waals surface area contributed by atoms with Crippen LogP contribution in [0, 0.1) is 10.8 Å². The van der Waals surface area contributed by atoms with Gasteiger partial charge in [-0.05, 0) is 0 Å². The molecule has 0 radical (unpaired) electrons. The van der Waals surface area contributed by atoms with Gasteiger partial charge in [0.1, 0.15) is 18.8 Å². The molecule has 0 aromatic rings. The van der Waals surface area contributed by atoms with Crippen LogP contribution in [-0.2, 0) is 19.2 Å². The molecule has 1 fully saturated rings. The summed E-state index contributed by atoms with van der Waals surface area (Å²) in [7, 11) is 0. The molecule has 0 bridgehead atoms. The van der Waals surface area contributed by atoms with Crippen LogP contribution < -0.4 is 0 Å². The van der Waals surface area contributed by atoms with Crippen LogP contribution in [0.15, 0.2) is 10.2 Å². The summed E-state index contributed by atoms with van der Waals surface area (Å²) < 4.78 is 4.54. The molecule has 1 heterocycles. The number of amides is 2. The fraction of sp³-hybridized carbons (Fsp3) is 0.444. The van der Waals surface area contributed by atoms with Crippen molar-refractivity contribution < 1.29 is 24.0 Å². The van der Waals surface area contributed by atoms with Crippen LogP contribution in [-0.4, -0.2) is 41.8 Å².